The summed E-state index contributed by atoms with van der Waals surface area (Å²) in [6, 6.07) is -1.37. The Bertz CT molecular complexity index is 233. The van der Waals surface area contributed by atoms with E-state index >= 15 is 0 Å². The summed E-state index contributed by atoms with van der Waals surface area (Å²) < 4.78 is 0. The first kappa shape index (κ1) is 24.3. The zero-order valence-electron chi connectivity index (χ0n) is 11.8. The molecule has 120 valence electrons. The van der Waals surface area contributed by atoms with E-state index in [0.717, 1.165) is 11.5 Å². The third kappa shape index (κ3) is 19.6. The number of carbonyl (C=O) groups excluding carboxylic acids is 1. The first-order valence-electron chi connectivity index (χ1n) is 5.60. The standard InChI is InChI=1S/2C5H11NO2S.CH2O/c2*1-9-3-2-4(6)5(7)8;1-2/h2*4H,2-3,6H2,1H3,(H,7,8);1H2/t2*4-;/m00./s1. The number of nitrogens with two attached hydrogens (primary N) is 2. The predicted molar refractivity (Wildman–Crippen MR) is 84.3 cm³/mol. The second-order valence-electron chi connectivity index (χ2n) is 3.45. The van der Waals surface area contributed by atoms with Crippen LogP contribution in [0.25, 0.3) is 0 Å². The molecule has 0 rings (SSSR count). The molecule has 0 bridgehead atoms. The van der Waals surface area contributed by atoms with Gasteiger partial charge in [0, 0.05) is 0 Å². The second-order valence-corrected chi connectivity index (χ2v) is 5.42. The highest BCUT2D eigenvalue weighted by Crippen LogP contribution is 1.98. The Morgan fingerprint density at radius 3 is 1.35 bits per heavy atom. The predicted octanol–water partition coefficient (Wildman–Crippen LogP) is 0.118. The topological polar surface area (TPSA) is 144 Å². The first-order chi connectivity index (χ1) is 9.36. The molecule has 20 heavy (non-hydrogen) atoms. The van der Waals surface area contributed by atoms with Crippen LogP contribution in [-0.2, 0) is 14.4 Å². The largest absolute Gasteiger partial charge is 0.480 e. The minimum absolute atomic E-state index is 0.552. The van der Waals surface area contributed by atoms with Crippen LogP contribution in [0, 0.1) is 0 Å². The molecule has 0 spiro atoms. The molecule has 0 aromatic rings. The summed E-state index contributed by atoms with van der Waals surface area (Å²) in [5.41, 5.74) is 10.4. The van der Waals surface area contributed by atoms with Crippen LogP contribution in [-0.4, -0.2) is 65.0 Å². The maximum Gasteiger partial charge on any atom is 0.320 e. The van der Waals surface area contributed by atoms with Crippen LogP contribution in [0.4, 0.5) is 0 Å². The minimum Gasteiger partial charge on any atom is -0.480 e. The molecule has 0 aliphatic heterocycles. The Morgan fingerprint density at radius 2 is 1.20 bits per heavy atom. The van der Waals surface area contributed by atoms with E-state index in [4.69, 9.17) is 26.5 Å². The van der Waals surface area contributed by atoms with E-state index in [0.29, 0.717) is 12.8 Å². The summed E-state index contributed by atoms with van der Waals surface area (Å²) in [5, 5.41) is 16.5. The van der Waals surface area contributed by atoms with E-state index < -0.39 is 24.0 Å². The highest BCUT2D eigenvalue weighted by molar-refractivity contribution is 7.98. The lowest BCUT2D eigenvalue weighted by Gasteiger charge is -2.02. The van der Waals surface area contributed by atoms with Gasteiger partial charge in [-0.25, -0.2) is 0 Å². The summed E-state index contributed by atoms with van der Waals surface area (Å²) in [6.45, 7) is 2.00. The lowest BCUT2D eigenvalue weighted by Crippen LogP contribution is -2.30. The summed E-state index contributed by atoms with van der Waals surface area (Å²) in [7, 11) is 0. The summed E-state index contributed by atoms with van der Waals surface area (Å²) in [5.74, 6) is -0.200. The number of carboxylic acids is 2. The minimum atomic E-state index is -0.913. The van der Waals surface area contributed by atoms with Gasteiger partial charge in [0.1, 0.15) is 18.9 Å². The summed E-state index contributed by atoms with van der Waals surface area (Å²) in [4.78, 5) is 28.1. The molecule has 0 saturated heterocycles. The van der Waals surface area contributed by atoms with E-state index in [1.165, 1.54) is 0 Å². The SMILES string of the molecule is C=O.CSCC[C@H](N)C(=O)O.CSCC[C@H](N)C(=O)O. The number of carbonyl (C=O) groups is 3. The Balaban J connectivity index is -0.000000257. The van der Waals surface area contributed by atoms with E-state index in [2.05, 4.69) is 0 Å². The van der Waals surface area contributed by atoms with Crippen LogP contribution in [0.1, 0.15) is 12.8 Å². The van der Waals surface area contributed by atoms with Gasteiger partial charge in [-0.1, -0.05) is 0 Å². The maximum absolute atomic E-state index is 10.1. The zero-order chi connectivity index (χ0) is 16.6. The second kappa shape index (κ2) is 18.2. The fourth-order valence-corrected chi connectivity index (χ4v) is 1.72. The molecule has 0 aromatic heterocycles. The van der Waals surface area contributed by atoms with Crippen molar-refractivity contribution in [2.45, 2.75) is 24.9 Å². The van der Waals surface area contributed by atoms with Crippen molar-refractivity contribution in [1.29, 1.82) is 0 Å². The van der Waals surface area contributed by atoms with Crippen LogP contribution in [0.15, 0.2) is 0 Å². The van der Waals surface area contributed by atoms with Gasteiger partial charge >= 0.3 is 11.9 Å². The van der Waals surface area contributed by atoms with Crippen molar-refractivity contribution in [2.75, 3.05) is 24.0 Å². The number of aliphatic carboxylic acids is 2. The molecule has 0 aromatic carbocycles. The van der Waals surface area contributed by atoms with E-state index in [1.54, 1.807) is 23.5 Å². The average Bonchev–Trinajstić information content (AvgIpc) is 2.44. The number of thioether (sulfide) groups is 2. The highest BCUT2D eigenvalue weighted by Gasteiger charge is 2.09. The quantitative estimate of drug-likeness (QED) is 0.488. The van der Waals surface area contributed by atoms with Crippen molar-refractivity contribution in [2.24, 2.45) is 11.5 Å². The van der Waals surface area contributed by atoms with E-state index in [1.807, 2.05) is 19.3 Å². The van der Waals surface area contributed by atoms with E-state index in [-0.39, 0.29) is 0 Å². The van der Waals surface area contributed by atoms with Crippen molar-refractivity contribution in [1.82, 2.24) is 0 Å². The Labute approximate surface area is 127 Å². The summed E-state index contributed by atoms with van der Waals surface area (Å²) >= 11 is 3.21. The van der Waals surface area contributed by atoms with Crippen LogP contribution >= 0.6 is 23.5 Å². The van der Waals surface area contributed by atoms with Crippen LogP contribution in [0.2, 0.25) is 0 Å². The third-order valence-electron chi connectivity index (χ3n) is 1.90. The van der Waals surface area contributed by atoms with Crippen LogP contribution in [0.5, 0.6) is 0 Å². The van der Waals surface area contributed by atoms with Gasteiger partial charge in [0.15, 0.2) is 0 Å². The maximum atomic E-state index is 10.1. The van der Waals surface area contributed by atoms with Crippen molar-refractivity contribution in [3.05, 3.63) is 0 Å². The first-order valence-corrected chi connectivity index (χ1v) is 8.39. The molecular formula is C11H24N2O5S2. The molecule has 0 unspecified atom stereocenters. The lowest BCUT2D eigenvalue weighted by molar-refractivity contribution is -0.139. The fraction of sp³-hybridized carbons (Fsp3) is 0.727. The monoisotopic (exact) mass is 328 g/mol. The number of hydrogen-bond acceptors (Lipinski definition) is 7. The molecule has 2 atom stereocenters. The van der Waals surface area contributed by atoms with Crippen molar-refractivity contribution in [3.8, 4) is 0 Å². The van der Waals surface area contributed by atoms with Gasteiger partial charge in [-0.2, -0.15) is 23.5 Å². The van der Waals surface area contributed by atoms with Gasteiger partial charge in [-0.3, -0.25) is 9.59 Å². The molecule has 0 aliphatic carbocycles. The molecule has 9 heteroatoms. The van der Waals surface area contributed by atoms with Crippen LogP contribution < -0.4 is 11.5 Å². The molecule has 6 N–H and O–H groups in total. The Kier molecular flexibility index (Phi) is 22.1. The average molecular weight is 328 g/mol. The molecular weight excluding hydrogens is 304 g/mol. The van der Waals surface area contributed by atoms with Gasteiger partial charge in [0.25, 0.3) is 0 Å². The number of rotatable bonds is 8. The fourth-order valence-electron chi connectivity index (χ4n) is 0.737. The number of hydrogen-bond donors (Lipinski definition) is 4. The summed E-state index contributed by atoms with van der Waals surface area (Å²) in [6.07, 6.45) is 4.95. The normalized spacial score (nSPS) is 12.0. The van der Waals surface area contributed by atoms with Crippen molar-refractivity contribution >= 4 is 42.3 Å². The highest BCUT2D eigenvalue weighted by atomic mass is 32.2. The molecule has 7 nitrogen and oxygen atoms in total. The smallest absolute Gasteiger partial charge is 0.320 e. The molecule has 0 radical (unpaired) electrons. The van der Waals surface area contributed by atoms with E-state index in [9.17, 15) is 9.59 Å². The van der Waals surface area contributed by atoms with Gasteiger partial charge in [-0.05, 0) is 36.9 Å². The van der Waals surface area contributed by atoms with Crippen molar-refractivity contribution < 1.29 is 24.6 Å². The van der Waals surface area contributed by atoms with Gasteiger partial charge in [0.2, 0.25) is 0 Å². The Hall–Kier alpha value is -0.770. The Morgan fingerprint density at radius 1 is 0.950 bits per heavy atom. The van der Waals surface area contributed by atoms with Crippen molar-refractivity contribution in [3.63, 3.8) is 0 Å². The van der Waals surface area contributed by atoms with Gasteiger partial charge in [-0.15, -0.1) is 0 Å². The molecule has 0 amide bonds. The lowest BCUT2D eigenvalue weighted by atomic mass is 10.2. The zero-order valence-corrected chi connectivity index (χ0v) is 13.4. The molecule has 0 fully saturated rings. The van der Waals surface area contributed by atoms with Crippen LogP contribution in [0.3, 0.4) is 0 Å². The van der Waals surface area contributed by atoms with Gasteiger partial charge in [0.05, 0.1) is 0 Å². The molecule has 0 aliphatic rings. The van der Waals surface area contributed by atoms with Gasteiger partial charge < -0.3 is 26.5 Å². The third-order valence-corrected chi connectivity index (χ3v) is 3.19. The number of carboxylic acid groups (broad SMARTS) is 2. The molecule has 0 heterocycles. The molecule has 0 saturated carbocycles.